The molecule has 0 saturated carbocycles. The first-order valence-electron chi connectivity index (χ1n) is 8.08. The summed E-state index contributed by atoms with van der Waals surface area (Å²) in [6.45, 7) is 0. The van der Waals surface area contributed by atoms with Gasteiger partial charge < -0.3 is 9.47 Å². The van der Waals surface area contributed by atoms with Gasteiger partial charge in [0.15, 0.2) is 0 Å². The summed E-state index contributed by atoms with van der Waals surface area (Å²) in [4.78, 5) is 5.41. The van der Waals surface area contributed by atoms with Crippen molar-refractivity contribution in [2.45, 2.75) is 12.5 Å². The van der Waals surface area contributed by atoms with Gasteiger partial charge in [-0.3, -0.25) is 9.40 Å². The van der Waals surface area contributed by atoms with Gasteiger partial charge >= 0.3 is 6.36 Å². The van der Waals surface area contributed by atoms with E-state index < -0.39 is 12.5 Å². The first-order chi connectivity index (χ1) is 13.5. The van der Waals surface area contributed by atoms with Gasteiger partial charge in [0.05, 0.1) is 5.69 Å². The van der Waals surface area contributed by atoms with E-state index in [0.717, 1.165) is 5.69 Å². The van der Waals surface area contributed by atoms with E-state index in [9.17, 15) is 13.2 Å². The number of hydroxylamine groups is 1. The highest BCUT2D eigenvalue weighted by Crippen LogP contribution is 2.29. The van der Waals surface area contributed by atoms with Gasteiger partial charge in [-0.25, -0.2) is 5.48 Å². The molecular formula is C18H13F3N4O3. The molecule has 0 fully saturated rings. The van der Waals surface area contributed by atoms with Crippen molar-refractivity contribution >= 4 is 0 Å². The molecule has 0 amide bonds. The van der Waals surface area contributed by atoms with Crippen LogP contribution in [0, 0.1) is 0 Å². The number of nitrogens with zero attached hydrogens (tertiary/aromatic N) is 3. The van der Waals surface area contributed by atoms with Crippen LogP contribution in [0.5, 0.6) is 11.5 Å². The lowest BCUT2D eigenvalue weighted by molar-refractivity contribution is -0.274. The average Bonchev–Trinajstić information content (AvgIpc) is 3.33. The number of rotatable bonds is 5. The molecule has 2 aromatic carbocycles. The Morgan fingerprint density at radius 3 is 2.46 bits per heavy atom. The minimum Gasteiger partial charge on any atom is -0.439 e. The van der Waals surface area contributed by atoms with Crippen molar-refractivity contribution in [2.24, 2.45) is 0 Å². The minimum atomic E-state index is -4.73. The number of hydrogen-bond donors (Lipinski definition) is 1. The summed E-state index contributed by atoms with van der Waals surface area (Å²) in [6.07, 6.45) is -0.439. The quantitative estimate of drug-likeness (QED) is 0.717. The highest BCUT2D eigenvalue weighted by molar-refractivity contribution is 5.40. The Morgan fingerprint density at radius 2 is 1.75 bits per heavy atom. The second-order valence-electron chi connectivity index (χ2n) is 5.76. The van der Waals surface area contributed by atoms with E-state index >= 15 is 0 Å². The van der Waals surface area contributed by atoms with Crippen LogP contribution in [0.3, 0.4) is 0 Å². The fourth-order valence-electron chi connectivity index (χ4n) is 2.57. The molecule has 1 unspecified atom stereocenters. The summed E-state index contributed by atoms with van der Waals surface area (Å²) in [6, 6.07) is 12.7. The molecule has 1 aromatic heterocycles. The van der Waals surface area contributed by atoms with Crippen molar-refractivity contribution < 1.29 is 27.5 Å². The maximum atomic E-state index is 12.2. The van der Waals surface area contributed by atoms with Crippen LogP contribution < -0.4 is 15.0 Å². The number of aromatic nitrogens is 3. The Balaban J connectivity index is 1.44. The molecule has 1 aliphatic heterocycles. The fraction of sp³-hybridized carbons (Fsp3) is 0.111. The molecule has 0 aliphatic carbocycles. The molecule has 10 heteroatoms. The molecule has 1 atom stereocenters. The van der Waals surface area contributed by atoms with Gasteiger partial charge in [0.2, 0.25) is 5.88 Å². The van der Waals surface area contributed by atoms with Gasteiger partial charge in [0.1, 0.15) is 30.3 Å². The van der Waals surface area contributed by atoms with Crippen molar-refractivity contribution in [1.29, 1.82) is 0 Å². The van der Waals surface area contributed by atoms with E-state index in [0.29, 0.717) is 17.2 Å². The number of ether oxygens (including phenoxy) is 2. The molecule has 144 valence electrons. The van der Waals surface area contributed by atoms with Crippen LogP contribution in [0.4, 0.5) is 13.2 Å². The topological polar surface area (TPSA) is 70.4 Å². The summed E-state index contributed by atoms with van der Waals surface area (Å²) < 4.78 is 48.0. The van der Waals surface area contributed by atoms with E-state index in [1.165, 1.54) is 24.3 Å². The van der Waals surface area contributed by atoms with Crippen molar-refractivity contribution in [3.8, 4) is 17.2 Å². The molecule has 0 radical (unpaired) electrons. The summed E-state index contributed by atoms with van der Waals surface area (Å²) in [5.41, 5.74) is 4.11. The van der Waals surface area contributed by atoms with E-state index in [2.05, 4.69) is 20.4 Å². The molecule has 0 bridgehead atoms. The number of benzene rings is 2. The SMILES string of the molecule is FC(F)(F)Oc1ccc(C2C=C(Oc3cccc(-n4cnnc4)c3)NO2)cc1. The summed E-state index contributed by atoms with van der Waals surface area (Å²) in [5.74, 6) is 0.623. The molecule has 2 heterocycles. The summed E-state index contributed by atoms with van der Waals surface area (Å²) in [7, 11) is 0. The Bertz CT molecular complexity index is 972. The first-order valence-corrected chi connectivity index (χ1v) is 8.08. The van der Waals surface area contributed by atoms with Crippen LogP contribution in [0.2, 0.25) is 0 Å². The number of alkyl halides is 3. The number of nitrogens with one attached hydrogen (secondary N) is 1. The molecule has 1 N–H and O–H groups in total. The lowest BCUT2D eigenvalue weighted by Gasteiger charge is -2.11. The molecule has 0 spiro atoms. The average molecular weight is 390 g/mol. The van der Waals surface area contributed by atoms with Crippen molar-refractivity contribution in [3.05, 3.63) is 78.7 Å². The Labute approximate surface area is 156 Å². The van der Waals surface area contributed by atoms with Crippen LogP contribution in [0.15, 0.2) is 73.1 Å². The molecule has 0 saturated heterocycles. The zero-order valence-electron chi connectivity index (χ0n) is 14.1. The van der Waals surface area contributed by atoms with Crippen LogP contribution in [-0.4, -0.2) is 21.1 Å². The Kier molecular flexibility index (Phi) is 4.62. The van der Waals surface area contributed by atoms with Gasteiger partial charge in [0.25, 0.3) is 0 Å². The molecule has 28 heavy (non-hydrogen) atoms. The highest BCUT2D eigenvalue weighted by atomic mass is 19.4. The summed E-state index contributed by atoms with van der Waals surface area (Å²) >= 11 is 0. The van der Waals surface area contributed by atoms with E-state index in [-0.39, 0.29) is 5.75 Å². The molecular weight excluding hydrogens is 377 g/mol. The smallest absolute Gasteiger partial charge is 0.439 e. The van der Waals surface area contributed by atoms with Crippen LogP contribution in [0.1, 0.15) is 11.7 Å². The van der Waals surface area contributed by atoms with Crippen molar-refractivity contribution in [1.82, 2.24) is 20.2 Å². The Hall–Kier alpha value is -3.53. The zero-order valence-corrected chi connectivity index (χ0v) is 14.1. The largest absolute Gasteiger partial charge is 0.573 e. The van der Waals surface area contributed by atoms with Gasteiger partial charge in [-0.1, -0.05) is 18.2 Å². The maximum absolute atomic E-state index is 12.2. The van der Waals surface area contributed by atoms with Crippen LogP contribution >= 0.6 is 0 Å². The highest BCUT2D eigenvalue weighted by Gasteiger charge is 2.31. The lowest BCUT2D eigenvalue weighted by atomic mass is 10.1. The normalized spacial score (nSPS) is 16.4. The lowest BCUT2D eigenvalue weighted by Crippen LogP contribution is -2.17. The fourth-order valence-corrected chi connectivity index (χ4v) is 2.57. The van der Waals surface area contributed by atoms with Crippen LogP contribution in [0.25, 0.3) is 5.69 Å². The predicted molar refractivity (Wildman–Crippen MR) is 90.2 cm³/mol. The van der Waals surface area contributed by atoms with E-state index in [1.807, 2.05) is 12.1 Å². The van der Waals surface area contributed by atoms with Gasteiger partial charge in [0, 0.05) is 12.1 Å². The maximum Gasteiger partial charge on any atom is 0.573 e. The first kappa shape index (κ1) is 17.9. The van der Waals surface area contributed by atoms with Crippen LogP contribution in [-0.2, 0) is 4.84 Å². The second kappa shape index (κ2) is 7.24. The van der Waals surface area contributed by atoms with Gasteiger partial charge in [-0.05, 0) is 29.8 Å². The number of hydrogen-bond acceptors (Lipinski definition) is 6. The second-order valence-corrected chi connectivity index (χ2v) is 5.76. The molecule has 3 aromatic rings. The molecule has 4 rings (SSSR count). The third kappa shape index (κ3) is 4.23. The Morgan fingerprint density at radius 1 is 1.00 bits per heavy atom. The standard InChI is InChI=1S/C18H13F3N4O3/c19-18(20,21)27-14-6-4-12(5-7-14)16-9-17(24-28-16)26-15-3-1-2-13(8-15)25-10-22-23-11-25/h1-11,16,24H. The van der Waals surface area contributed by atoms with Crippen molar-refractivity contribution in [3.63, 3.8) is 0 Å². The third-order valence-electron chi connectivity index (χ3n) is 3.79. The summed E-state index contributed by atoms with van der Waals surface area (Å²) in [5, 5.41) is 7.52. The predicted octanol–water partition coefficient (Wildman–Crippen LogP) is 3.66. The van der Waals surface area contributed by atoms with Crippen molar-refractivity contribution in [2.75, 3.05) is 0 Å². The number of halogens is 3. The molecule has 1 aliphatic rings. The third-order valence-corrected chi connectivity index (χ3v) is 3.79. The minimum absolute atomic E-state index is 0.298. The van der Waals surface area contributed by atoms with Gasteiger partial charge in [-0.2, -0.15) is 0 Å². The van der Waals surface area contributed by atoms with E-state index in [4.69, 9.17) is 9.57 Å². The monoisotopic (exact) mass is 390 g/mol. The van der Waals surface area contributed by atoms with E-state index in [1.54, 1.807) is 35.4 Å². The zero-order chi connectivity index (χ0) is 19.6. The molecule has 7 nitrogen and oxygen atoms in total. The van der Waals surface area contributed by atoms with Gasteiger partial charge in [-0.15, -0.1) is 23.4 Å².